The molecule has 21 heavy (non-hydrogen) atoms. The number of fused-ring (bicyclic) bond motifs is 1. The number of carbonyl (C=O) groups is 1. The van der Waals surface area contributed by atoms with Crippen molar-refractivity contribution in [3.63, 3.8) is 0 Å². The van der Waals surface area contributed by atoms with Gasteiger partial charge in [0, 0.05) is 17.9 Å². The Labute approximate surface area is 120 Å². The first-order valence-electron chi connectivity index (χ1n) is 7.22. The molecule has 3 N–H and O–H groups in total. The first-order valence-corrected chi connectivity index (χ1v) is 7.22. The molecule has 4 rings (SSSR count). The lowest BCUT2D eigenvalue weighted by Gasteiger charge is -2.03. The molecule has 8 nitrogen and oxygen atoms in total. The van der Waals surface area contributed by atoms with Gasteiger partial charge in [-0.3, -0.25) is 20.3 Å². The molecule has 1 aliphatic heterocycles. The van der Waals surface area contributed by atoms with Crippen molar-refractivity contribution in [2.75, 3.05) is 11.9 Å². The maximum atomic E-state index is 12.2. The van der Waals surface area contributed by atoms with Crippen LogP contribution in [0.5, 0.6) is 0 Å². The Hall–Kier alpha value is -2.22. The van der Waals surface area contributed by atoms with Crippen LogP contribution in [-0.4, -0.2) is 37.9 Å². The van der Waals surface area contributed by atoms with Crippen molar-refractivity contribution in [1.29, 1.82) is 0 Å². The van der Waals surface area contributed by atoms with E-state index in [-0.39, 0.29) is 18.0 Å². The van der Waals surface area contributed by atoms with Crippen LogP contribution < -0.4 is 5.32 Å². The Kier molecular flexibility index (Phi) is 2.95. The van der Waals surface area contributed by atoms with Gasteiger partial charge in [0.25, 0.3) is 5.91 Å². The molecule has 1 atom stereocenters. The number of anilines is 1. The summed E-state index contributed by atoms with van der Waals surface area (Å²) in [6.45, 7) is 0.743. The molecule has 1 saturated heterocycles. The molecule has 110 valence electrons. The van der Waals surface area contributed by atoms with Crippen molar-refractivity contribution in [3.05, 3.63) is 22.8 Å². The van der Waals surface area contributed by atoms with E-state index in [9.17, 15) is 4.79 Å². The molecule has 3 heterocycles. The van der Waals surface area contributed by atoms with Gasteiger partial charge in [0.2, 0.25) is 5.95 Å². The summed E-state index contributed by atoms with van der Waals surface area (Å²) in [4.78, 5) is 16.5. The average Bonchev–Trinajstić information content (AvgIpc) is 3.23. The quantitative estimate of drug-likeness (QED) is 0.784. The Bertz CT molecular complexity index is 670. The van der Waals surface area contributed by atoms with Gasteiger partial charge in [-0.25, -0.2) is 0 Å². The molecule has 2 aromatic heterocycles. The topological polar surface area (TPSA) is 109 Å². The largest absolute Gasteiger partial charge is 0.370 e. The van der Waals surface area contributed by atoms with Crippen LogP contribution in [0, 0.1) is 0 Å². The molecule has 1 fully saturated rings. The summed E-state index contributed by atoms with van der Waals surface area (Å²) in [5.41, 5.74) is 2.53. The Morgan fingerprint density at radius 1 is 1.24 bits per heavy atom. The molecule has 2 aliphatic rings. The van der Waals surface area contributed by atoms with Gasteiger partial charge in [0.15, 0.2) is 11.5 Å². The number of aromatic amines is 2. The van der Waals surface area contributed by atoms with E-state index < -0.39 is 0 Å². The van der Waals surface area contributed by atoms with Gasteiger partial charge in [0.1, 0.15) is 6.10 Å². The van der Waals surface area contributed by atoms with Crippen molar-refractivity contribution in [1.82, 2.24) is 25.4 Å². The number of aromatic nitrogens is 5. The highest BCUT2D eigenvalue weighted by Gasteiger charge is 2.25. The van der Waals surface area contributed by atoms with E-state index in [0.717, 1.165) is 50.0 Å². The summed E-state index contributed by atoms with van der Waals surface area (Å²) in [7, 11) is 0. The smallest absolute Gasteiger partial charge is 0.278 e. The average molecular weight is 288 g/mol. The summed E-state index contributed by atoms with van der Waals surface area (Å²) in [6, 6.07) is 0. The molecule has 2 aromatic rings. The number of hydrogen-bond donors (Lipinski definition) is 3. The van der Waals surface area contributed by atoms with E-state index in [0.29, 0.717) is 11.5 Å². The monoisotopic (exact) mass is 288 g/mol. The first kappa shape index (κ1) is 12.5. The van der Waals surface area contributed by atoms with Gasteiger partial charge in [-0.05, 0) is 32.1 Å². The van der Waals surface area contributed by atoms with Crippen LogP contribution in [0.4, 0.5) is 5.95 Å². The second-order valence-corrected chi connectivity index (χ2v) is 5.38. The van der Waals surface area contributed by atoms with Crippen molar-refractivity contribution < 1.29 is 9.53 Å². The van der Waals surface area contributed by atoms with Crippen LogP contribution in [0.3, 0.4) is 0 Å². The second-order valence-electron chi connectivity index (χ2n) is 5.38. The fraction of sp³-hybridized carbons (Fsp3) is 0.538. The molecular weight excluding hydrogens is 272 g/mol. The van der Waals surface area contributed by atoms with Gasteiger partial charge in [-0.2, -0.15) is 10.1 Å². The Morgan fingerprint density at radius 2 is 2.19 bits per heavy atom. The highest BCUT2D eigenvalue weighted by Crippen LogP contribution is 2.26. The molecular formula is C13H16N6O2. The van der Waals surface area contributed by atoms with Crippen LogP contribution >= 0.6 is 0 Å². The third-order valence-electron chi connectivity index (χ3n) is 3.98. The summed E-state index contributed by atoms with van der Waals surface area (Å²) in [5, 5.41) is 16.5. The number of ether oxygens (including phenoxy) is 1. The van der Waals surface area contributed by atoms with Crippen LogP contribution in [0.25, 0.3) is 0 Å². The molecule has 8 heteroatoms. The number of amides is 1. The van der Waals surface area contributed by atoms with E-state index in [1.165, 1.54) is 0 Å². The SMILES string of the molecule is O=C(Nc1n[nH]c(C2CCCO2)n1)c1n[nH]c2c1CCC2. The molecule has 0 aromatic carbocycles. The van der Waals surface area contributed by atoms with E-state index in [1.54, 1.807) is 0 Å². The molecule has 0 spiro atoms. The summed E-state index contributed by atoms with van der Waals surface area (Å²) < 4.78 is 5.53. The van der Waals surface area contributed by atoms with E-state index in [2.05, 4.69) is 30.7 Å². The van der Waals surface area contributed by atoms with Gasteiger partial charge < -0.3 is 4.74 Å². The third kappa shape index (κ3) is 2.21. The van der Waals surface area contributed by atoms with E-state index >= 15 is 0 Å². The number of hydrogen-bond acceptors (Lipinski definition) is 5. The van der Waals surface area contributed by atoms with Crippen molar-refractivity contribution >= 4 is 11.9 Å². The van der Waals surface area contributed by atoms with Crippen LogP contribution in [0.2, 0.25) is 0 Å². The molecule has 1 unspecified atom stereocenters. The minimum Gasteiger partial charge on any atom is -0.370 e. The van der Waals surface area contributed by atoms with Crippen molar-refractivity contribution in [2.24, 2.45) is 0 Å². The predicted octanol–water partition coefficient (Wildman–Crippen LogP) is 1.12. The molecule has 0 saturated carbocycles. The summed E-state index contributed by atoms with van der Waals surface area (Å²) in [5.74, 6) is 0.655. The number of aryl methyl sites for hydroxylation is 1. The zero-order valence-electron chi connectivity index (χ0n) is 11.5. The summed E-state index contributed by atoms with van der Waals surface area (Å²) in [6.07, 6.45) is 4.82. The third-order valence-corrected chi connectivity index (χ3v) is 3.98. The number of nitrogens with one attached hydrogen (secondary N) is 3. The van der Waals surface area contributed by atoms with Crippen LogP contribution in [0.1, 0.15) is 52.9 Å². The Balaban J connectivity index is 1.49. The molecule has 0 radical (unpaired) electrons. The molecule has 0 bridgehead atoms. The van der Waals surface area contributed by atoms with Gasteiger partial charge in [-0.15, -0.1) is 5.10 Å². The van der Waals surface area contributed by atoms with Crippen LogP contribution in [0.15, 0.2) is 0 Å². The number of carbonyl (C=O) groups excluding carboxylic acids is 1. The molecule has 1 aliphatic carbocycles. The number of H-pyrrole nitrogens is 2. The molecule has 1 amide bonds. The second kappa shape index (κ2) is 4.96. The highest BCUT2D eigenvalue weighted by atomic mass is 16.5. The van der Waals surface area contributed by atoms with Crippen LogP contribution in [-0.2, 0) is 17.6 Å². The predicted molar refractivity (Wildman–Crippen MR) is 72.9 cm³/mol. The maximum absolute atomic E-state index is 12.2. The normalized spacial score (nSPS) is 20.7. The minimum atomic E-state index is -0.271. The maximum Gasteiger partial charge on any atom is 0.278 e. The number of rotatable bonds is 3. The van der Waals surface area contributed by atoms with Crippen molar-refractivity contribution in [2.45, 2.75) is 38.2 Å². The zero-order valence-corrected chi connectivity index (χ0v) is 11.5. The standard InChI is InChI=1S/C13H16N6O2/c20-12(10-7-3-1-4-8(7)16-17-10)15-13-14-11(18-19-13)9-5-2-6-21-9/h9H,1-6H2,(H,16,17)(H2,14,15,18,19,20). The van der Waals surface area contributed by atoms with Crippen molar-refractivity contribution in [3.8, 4) is 0 Å². The van der Waals surface area contributed by atoms with Gasteiger partial charge in [-0.1, -0.05) is 0 Å². The fourth-order valence-corrected chi connectivity index (χ4v) is 2.94. The highest BCUT2D eigenvalue weighted by molar-refractivity contribution is 6.03. The summed E-state index contributed by atoms with van der Waals surface area (Å²) >= 11 is 0. The van der Waals surface area contributed by atoms with E-state index in [4.69, 9.17) is 4.74 Å². The minimum absolute atomic E-state index is 0.0437. The fourth-order valence-electron chi connectivity index (χ4n) is 2.94. The number of nitrogens with zero attached hydrogens (tertiary/aromatic N) is 3. The van der Waals surface area contributed by atoms with Gasteiger partial charge in [0.05, 0.1) is 0 Å². The lowest BCUT2D eigenvalue weighted by Crippen LogP contribution is -2.15. The first-order chi connectivity index (χ1) is 10.3. The lowest BCUT2D eigenvalue weighted by atomic mass is 10.2. The lowest BCUT2D eigenvalue weighted by molar-refractivity contribution is 0.101. The van der Waals surface area contributed by atoms with E-state index in [1.807, 2.05) is 0 Å². The Morgan fingerprint density at radius 3 is 3.05 bits per heavy atom. The zero-order chi connectivity index (χ0) is 14.2. The van der Waals surface area contributed by atoms with Gasteiger partial charge >= 0.3 is 0 Å².